The van der Waals surface area contributed by atoms with Crippen molar-refractivity contribution in [2.45, 2.75) is 47.5 Å². The molecule has 19 heavy (non-hydrogen) atoms. The van der Waals surface area contributed by atoms with Crippen LogP contribution >= 0.6 is 0 Å². The molecule has 106 valence electrons. The lowest BCUT2D eigenvalue weighted by atomic mass is 9.76. The molecule has 0 bridgehead atoms. The van der Waals surface area contributed by atoms with E-state index in [0.29, 0.717) is 12.5 Å². The topological polar surface area (TPSA) is 43.4 Å². The Hall–Kier alpha value is -1.38. The molecule has 1 unspecified atom stereocenters. The average molecular weight is 264 g/mol. The van der Waals surface area contributed by atoms with E-state index in [2.05, 4.69) is 26.8 Å². The molecule has 0 aromatic rings. The molecule has 0 radical (unpaired) electrons. The van der Waals surface area contributed by atoms with Crippen LogP contribution in [-0.4, -0.2) is 18.4 Å². The summed E-state index contributed by atoms with van der Waals surface area (Å²) in [7, 11) is 0. The van der Waals surface area contributed by atoms with Crippen LogP contribution in [0.15, 0.2) is 23.3 Å². The van der Waals surface area contributed by atoms with Crippen LogP contribution in [0.4, 0.5) is 0 Å². The molecule has 0 spiro atoms. The number of ether oxygens (including phenoxy) is 1. The summed E-state index contributed by atoms with van der Waals surface area (Å²) in [5.41, 5.74) is 1.70. The van der Waals surface area contributed by atoms with Crippen molar-refractivity contribution in [3.63, 3.8) is 0 Å². The van der Waals surface area contributed by atoms with Gasteiger partial charge in [-0.2, -0.15) is 0 Å². The molecule has 0 aromatic heterocycles. The van der Waals surface area contributed by atoms with Gasteiger partial charge in [-0.3, -0.25) is 4.79 Å². The molecular weight excluding hydrogens is 240 g/mol. The second-order valence-electron chi connectivity index (χ2n) is 5.67. The first-order valence-electron chi connectivity index (χ1n) is 6.86. The van der Waals surface area contributed by atoms with Gasteiger partial charge in [0.2, 0.25) is 0 Å². The van der Waals surface area contributed by atoms with Crippen molar-refractivity contribution in [2.24, 2.45) is 11.3 Å². The van der Waals surface area contributed by atoms with Crippen molar-refractivity contribution in [3.05, 3.63) is 23.3 Å². The number of hydrogen-bond donors (Lipinski definition) is 0. The van der Waals surface area contributed by atoms with Crippen LogP contribution < -0.4 is 0 Å². The smallest absolute Gasteiger partial charge is 0.341 e. The predicted octanol–water partition coefficient (Wildman–Crippen LogP) is 3.45. The Morgan fingerprint density at radius 3 is 2.53 bits per heavy atom. The summed E-state index contributed by atoms with van der Waals surface area (Å²) >= 11 is 0. The average Bonchev–Trinajstić information content (AvgIpc) is 2.55. The fourth-order valence-corrected chi connectivity index (χ4v) is 2.43. The van der Waals surface area contributed by atoms with Crippen LogP contribution in [0.3, 0.4) is 0 Å². The number of allylic oxidation sites excluding steroid dienone is 3. The summed E-state index contributed by atoms with van der Waals surface area (Å²) in [4.78, 5) is 23.2. The fraction of sp³-hybridized carbons (Fsp3) is 0.625. The minimum Gasteiger partial charge on any atom is -0.462 e. The van der Waals surface area contributed by atoms with E-state index in [1.807, 2.05) is 0 Å². The first-order valence-corrected chi connectivity index (χ1v) is 6.86. The lowest BCUT2D eigenvalue weighted by Gasteiger charge is -2.29. The highest BCUT2D eigenvalue weighted by Crippen LogP contribution is 2.44. The van der Waals surface area contributed by atoms with Gasteiger partial charge >= 0.3 is 5.97 Å². The number of rotatable bonds is 5. The van der Waals surface area contributed by atoms with Crippen LogP contribution in [-0.2, 0) is 14.3 Å². The number of carbonyl (C=O) groups excluding carboxylic acids is 2. The number of carbonyl (C=O) groups is 2. The van der Waals surface area contributed by atoms with Crippen LogP contribution in [0.5, 0.6) is 0 Å². The van der Waals surface area contributed by atoms with Gasteiger partial charge in [-0.1, -0.05) is 31.6 Å². The summed E-state index contributed by atoms with van der Waals surface area (Å²) in [6, 6.07) is 0. The molecule has 1 atom stereocenters. The van der Waals surface area contributed by atoms with E-state index in [4.69, 9.17) is 4.74 Å². The van der Waals surface area contributed by atoms with E-state index >= 15 is 0 Å². The Morgan fingerprint density at radius 2 is 2.11 bits per heavy atom. The molecule has 3 heteroatoms. The molecule has 0 amide bonds. The number of Topliss-reactive ketones (excluding diaryl/α,β-unsaturated/α-hetero) is 1. The van der Waals surface area contributed by atoms with E-state index in [0.717, 1.165) is 12.8 Å². The molecule has 0 saturated heterocycles. The monoisotopic (exact) mass is 264 g/mol. The normalized spacial score (nSPS) is 22.1. The summed E-state index contributed by atoms with van der Waals surface area (Å²) in [6.45, 7) is 10.00. The molecule has 0 heterocycles. The molecule has 0 fully saturated rings. The lowest BCUT2D eigenvalue weighted by Crippen LogP contribution is -2.21. The Kier molecular flexibility index (Phi) is 5.10. The summed E-state index contributed by atoms with van der Waals surface area (Å²) in [5, 5.41) is 0. The van der Waals surface area contributed by atoms with Crippen molar-refractivity contribution in [2.75, 3.05) is 6.61 Å². The van der Waals surface area contributed by atoms with Gasteiger partial charge in [0, 0.05) is 0 Å². The second-order valence-corrected chi connectivity index (χ2v) is 5.67. The summed E-state index contributed by atoms with van der Waals surface area (Å²) in [5.74, 6) is -0.286. The van der Waals surface area contributed by atoms with Gasteiger partial charge in [-0.05, 0) is 44.9 Å². The molecule has 3 nitrogen and oxygen atoms in total. The Bertz CT molecular complexity index is 427. The van der Waals surface area contributed by atoms with Gasteiger partial charge in [0.05, 0.1) is 12.2 Å². The highest BCUT2D eigenvalue weighted by molar-refractivity contribution is 6.16. The third kappa shape index (κ3) is 3.55. The maximum Gasteiger partial charge on any atom is 0.341 e. The Balaban J connectivity index is 2.78. The Labute approximate surface area is 115 Å². The molecule has 0 N–H and O–H groups in total. The highest BCUT2D eigenvalue weighted by Gasteiger charge is 2.34. The van der Waals surface area contributed by atoms with Crippen molar-refractivity contribution in [1.29, 1.82) is 0 Å². The van der Waals surface area contributed by atoms with Crippen molar-refractivity contribution in [3.8, 4) is 0 Å². The highest BCUT2D eigenvalue weighted by atomic mass is 16.5. The minimum atomic E-state index is -0.504. The molecule has 0 aromatic carbocycles. The number of ketones is 1. The van der Waals surface area contributed by atoms with Crippen molar-refractivity contribution < 1.29 is 14.3 Å². The quantitative estimate of drug-likeness (QED) is 0.251. The van der Waals surface area contributed by atoms with Gasteiger partial charge in [-0.15, -0.1) is 0 Å². The van der Waals surface area contributed by atoms with Crippen LogP contribution in [0.25, 0.3) is 0 Å². The van der Waals surface area contributed by atoms with Crippen LogP contribution in [0.1, 0.15) is 47.5 Å². The fourth-order valence-electron chi connectivity index (χ4n) is 2.43. The van der Waals surface area contributed by atoms with Gasteiger partial charge in [-0.25, -0.2) is 4.79 Å². The third-order valence-corrected chi connectivity index (χ3v) is 4.23. The van der Waals surface area contributed by atoms with E-state index in [9.17, 15) is 9.59 Å². The minimum absolute atomic E-state index is 0.132. The SMILES string of the molecule is CCOC(=O)C(=CCC1CC=C(C)C1(C)C)C(C)=O. The number of hydrogen-bond acceptors (Lipinski definition) is 3. The zero-order chi connectivity index (χ0) is 14.6. The Morgan fingerprint density at radius 1 is 1.47 bits per heavy atom. The van der Waals surface area contributed by atoms with Gasteiger partial charge in [0.15, 0.2) is 5.78 Å². The standard InChI is InChI=1S/C16H24O3/c1-6-19-15(18)14(12(3)17)10-9-13-8-7-11(2)16(13,4)5/h7,10,13H,6,8-9H2,1-5H3. The zero-order valence-corrected chi connectivity index (χ0v) is 12.6. The lowest BCUT2D eigenvalue weighted by molar-refractivity contribution is -0.139. The van der Waals surface area contributed by atoms with E-state index in [1.54, 1.807) is 13.0 Å². The van der Waals surface area contributed by atoms with Crippen LogP contribution in [0, 0.1) is 11.3 Å². The molecule has 1 rings (SSSR count). The van der Waals surface area contributed by atoms with Crippen molar-refractivity contribution >= 4 is 11.8 Å². The number of esters is 1. The maximum absolute atomic E-state index is 11.7. The van der Waals surface area contributed by atoms with Gasteiger partial charge in [0.25, 0.3) is 0 Å². The van der Waals surface area contributed by atoms with Gasteiger partial charge < -0.3 is 4.74 Å². The molecule has 1 aliphatic carbocycles. The molecular formula is C16H24O3. The summed E-state index contributed by atoms with van der Waals surface area (Å²) in [6.07, 6.45) is 5.73. The van der Waals surface area contributed by atoms with Crippen molar-refractivity contribution in [1.82, 2.24) is 0 Å². The third-order valence-electron chi connectivity index (χ3n) is 4.23. The second kappa shape index (κ2) is 6.18. The van der Waals surface area contributed by atoms with Crippen LogP contribution in [0.2, 0.25) is 0 Å². The summed E-state index contributed by atoms with van der Waals surface area (Å²) < 4.78 is 4.91. The predicted molar refractivity (Wildman–Crippen MR) is 75.7 cm³/mol. The first kappa shape index (κ1) is 15.7. The zero-order valence-electron chi connectivity index (χ0n) is 12.6. The molecule has 1 aliphatic rings. The molecule has 0 saturated carbocycles. The van der Waals surface area contributed by atoms with E-state index in [-0.39, 0.29) is 16.8 Å². The van der Waals surface area contributed by atoms with Gasteiger partial charge in [0.1, 0.15) is 0 Å². The van der Waals surface area contributed by atoms with E-state index < -0.39 is 5.97 Å². The first-order chi connectivity index (χ1) is 8.80. The van der Waals surface area contributed by atoms with E-state index in [1.165, 1.54) is 12.5 Å². The maximum atomic E-state index is 11.7. The molecule has 0 aliphatic heterocycles. The largest absolute Gasteiger partial charge is 0.462 e.